The van der Waals surface area contributed by atoms with E-state index in [1.807, 2.05) is 12.1 Å². The normalized spacial score (nSPS) is 19.4. The summed E-state index contributed by atoms with van der Waals surface area (Å²) >= 11 is 0. The summed E-state index contributed by atoms with van der Waals surface area (Å²) in [4.78, 5) is 0. The van der Waals surface area contributed by atoms with Crippen molar-refractivity contribution in [2.24, 2.45) is 0 Å². The zero-order chi connectivity index (χ0) is 13.5. The number of halogens is 1. The number of hydrogen-bond donors (Lipinski definition) is 0. The van der Waals surface area contributed by atoms with Crippen molar-refractivity contribution in [1.82, 2.24) is 0 Å². The molecule has 4 rings (SSSR count). The molecule has 2 heterocycles. The van der Waals surface area contributed by atoms with Crippen LogP contribution >= 0.6 is 0 Å². The summed E-state index contributed by atoms with van der Waals surface area (Å²) < 4.78 is 29.7. The summed E-state index contributed by atoms with van der Waals surface area (Å²) in [7, 11) is 0. The molecule has 4 heteroatoms. The predicted molar refractivity (Wildman–Crippen MR) is 70.7 cm³/mol. The SMILES string of the molecule is Fc1ccc(C2CCc3cc4c(cc3O2)OCO4)cc1. The van der Waals surface area contributed by atoms with Crippen molar-refractivity contribution in [2.45, 2.75) is 18.9 Å². The van der Waals surface area contributed by atoms with Crippen LogP contribution in [0.2, 0.25) is 0 Å². The quantitative estimate of drug-likeness (QED) is 0.793. The molecule has 2 aliphatic heterocycles. The van der Waals surface area contributed by atoms with Crippen molar-refractivity contribution in [1.29, 1.82) is 0 Å². The second-order valence-electron chi connectivity index (χ2n) is 5.01. The molecule has 0 N–H and O–H groups in total. The van der Waals surface area contributed by atoms with Crippen LogP contribution in [0.1, 0.15) is 23.7 Å². The van der Waals surface area contributed by atoms with Crippen molar-refractivity contribution in [3.63, 3.8) is 0 Å². The second-order valence-corrected chi connectivity index (χ2v) is 5.01. The number of rotatable bonds is 1. The number of ether oxygens (including phenoxy) is 3. The van der Waals surface area contributed by atoms with Crippen LogP contribution in [0.5, 0.6) is 17.2 Å². The van der Waals surface area contributed by atoms with Gasteiger partial charge in [0.05, 0.1) is 0 Å². The minimum Gasteiger partial charge on any atom is -0.485 e. The van der Waals surface area contributed by atoms with E-state index in [1.165, 1.54) is 12.1 Å². The van der Waals surface area contributed by atoms with Gasteiger partial charge in [-0.05, 0) is 42.2 Å². The Hall–Kier alpha value is -2.23. The largest absolute Gasteiger partial charge is 0.485 e. The van der Waals surface area contributed by atoms with E-state index in [9.17, 15) is 4.39 Å². The molecular weight excluding hydrogens is 259 g/mol. The molecule has 2 aromatic carbocycles. The van der Waals surface area contributed by atoms with E-state index in [0.717, 1.165) is 41.2 Å². The van der Waals surface area contributed by atoms with Gasteiger partial charge in [-0.15, -0.1) is 0 Å². The van der Waals surface area contributed by atoms with Crippen LogP contribution in [-0.4, -0.2) is 6.79 Å². The van der Waals surface area contributed by atoms with Crippen molar-refractivity contribution >= 4 is 0 Å². The molecule has 0 saturated carbocycles. The van der Waals surface area contributed by atoms with Gasteiger partial charge < -0.3 is 14.2 Å². The highest BCUT2D eigenvalue weighted by atomic mass is 19.1. The first-order valence-corrected chi connectivity index (χ1v) is 6.64. The fourth-order valence-corrected chi connectivity index (χ4v) is 2.68. The average Bonchev–Trinajstić information content (AvgIpc) is 2.92. The molecule has 0 bridgehead atoms. The van der Waals surface area contributed by atoms with Crippen molar-refractivity contribution in [3.8, 4) is 17.2 Å². The van der Waals surface area contributed by atoms with E-state index in [4.69, 9.17) is 14.2 Å². The van der Waals surface area contributed by atoms with E-state index < -0.39 is 0 Å². The lowest BCUT2D eigenvalue weighted by molar-refractivity contribution is 0.171. The van der Waals surface area contributed by atoms with Crippen LogP contribution < -0.4 is 14.2 Å². The number of aryl methyl sites for hydroxylation is 1. The standard InChI is InChI=1S/C16H13FO3/c17-12-4-1-10(2-5-12)13-6-3-11-7-15-16(19-9-18-15)8-14(11)20-13/h1-2,4-5,7-8,13H,3,6,9H2. The van der Waals surface area contributed by atoms with Gasteiger partial charge in [-0.1, -0.05) is 12.1 Å². The maximum absolute atomic E-state index is 13.0. The zero-order valence-electron chi connectivity index (χ0n) is 10.8. The third kappa shape index (κ3) is 1.88. The van der Waals surface area contributed by atoms with Gasteiger partial charge in [0, 0.05) is 6.07 Å². The summed E-state index contributed by atoms with van der Waals surface area (Å²) in [6.45, 7) is 0.264. The topological polar surface area (TPSA) is 27.7 Å². The van der Waals surface area contributed by atoms with Crippen molar-refractivity contribution < 1.29 is 18.6 Å². The van der Waals surface area contributed by atoms with Crippen LogP contribution in [0, 0.1) is 5.82 Å². The third-order valence-electron chi connectivity index (χ3n) is 3.74. The molecule has 1 atom stereocenters. The van der Waals surface area contributed by atoms with E-state index in [2.05, 4.69) is 0 Å². The van der Waals surface area contributed by atoms with E-state index >= 15 is 0 Å². The minimum absolute atomic E-state index is 0.0385. The summed E-state index contributed by atoms with van der Waals surface area (Å²) in [5.74, 6) is 2.11. The Bertz CT molecular complexity index is 652. The smallest absolute Gasteiger partial charge is 0.231 e. The van der Waals surface area contributed by atoms with Crippen LogP contribution in [-0.2, 0) is 6.42 Å². The van der Waals surface area contributed by atoms with E-state index in [0.29, 0.717) is 0 Å². The highest BCUT2D eigenvalue weighted by Gasteiger charge is 2.25. The Balaban J connectivity index is 1.64. The molecule has 1 unspecified atom stereocenters. The summed E-state index contributed by atoms with van der Waals surface area (Å²) in [6.07, 6.45) is 1.75. The first kappa shape index (κ1) is 11.6. The Morgan fingerprint density at radius 3 is 2.50 bits per heavy atom. The van der Waals surface area contributed by atoms with Crippen LogP contribution in [0.15, 0.2) is 36.4 Å². The van der Waals surface area contributed by atoms with Crippen LogP contribution in [0.4, 0.5) is 4.39 Å². The maximum atomic E-state index is 13.0. The van der Waals surface area contributed by atoms with Gasteiger partial charge in [-0.25, -0.2) is 4.39 Å². The van der Waals surface area contributed by atoms with Gasteiger partial charge in [-0.2, -0.15) is 0 Å². The fourth-order valence-electron chi connectivity index (χ4n) is 2.68. The summed E-state index contributed by atoms with van der Waals surface area (Å²) in [5, 5.41) is 0. The Morgan fingerprint density at radius 1 is 0.950 bits per heavy atom. The molecule has 0 radical (unpaired) electrons. The van der Waals surface area contributed by atoms with E-state index in [1.54, 1.807) is 12.1 Å². The highest BCUT2D eigenvalue weighted by molar-refractivity contribution is 5.52. The lowest BCUT2D eigenvalue weighted by Crippen LogP contribution is -2.15. The fraction of sp³-hybridized carbons (Fsp3) is 0.250. The molecule has 0 amide bonds. The average molecular weight is 272 g/mol. The van der Waals surface area contributed by atoms with Crippen molar-refractivity contribution in [3.05, 3.63) is 53.3 Å². The Kier molecular flexibility index (Phi) is 2.55. The monoisotopic (exact) mass is 272 g/mol. The number of benzene rings is 2. The first-order chi connectivity index (χ1) is 9.79. The molecule has 0 spiro atoms. The molecule has 3 nitrogen and oxygen atoms in total. The summed E-state index contributed by atoms with van der Waals surface area (Å²) in [6, 6.07) is 10.4. The van der Waals surface area contributed by atoms with Gasteiger partial charge >= 0.3 is 0 Å². The molecule has 20 heavy (non-hydrogen) atoms. The Labute approximate surface area is 115 Å². The molecule has 2 aliphatic rings. The maximum Gasteiger partial charge on any atom is 0.231 e. The molecule has 0 aromatic heterocycles. The third-order valence-corrected chi connectivity index (χ3v) is 3.74. The summed E-state index contributed by atoms with van der Waals surface area (Å²) in [5.41, 5.74) is 2.13. The van der Waals surface area contributed by atoms with Gasteiger partial charge in [0.2, 0.25) is 6.79 Å². The Morgan fingerprint density at radius 2 is 1.70 bits per heavy atom. The van der Waals surface area contributed by atoms with Crippen molar-refractivity contribution in [2.75, 3.05) is 6.79 Å². The molecular formula is C16H13FO3. The zero-order valence-corrected chi connectivity index (χ0v) is 10.8. The lowest BCUT2D eigenvalue weighted by atomic mass is 9.97. The predicted octanol–water partition coefficient (Wildman–Crippen LogP) is 3.62. The highest BCUT2D eigenvalue weighted by Crippen LogP contribution is 2.43. The van der Waals surface area contributed by atoms with Gasteiger partial charge in [0.15, 0.2) is 11.5 Å². The van der Waals surface area contributed by atoms with Crippen LogP contribution in [0.3, 0.4) is 0 Å². The van der Waals surface area contributed by atoms with Gasteiger partial charge in [0.25, 0.3) is 0 Å². The number of hydrogen-bond acceptors (Lipinski definition) is 3. The molecule has 2 aromatic rings. The van der Waals surface area contributed by atoms with Crippen LogP contribution in [0.25, 0.3) is 0 Å². The first-order valence-electron chi connectivity index (χ1n) is 6.64. The molecule has 102 valence electrons. The molecule has 0 aliphatic carbocycles. The number of fused-ring (bicyclic) bond motifs is 2. The van der Waals surface area contributed by atoms with Gasteiger partial charge in [-0.3, -0.25) is 0 Å². The second kappa shape index (κ2) is 4.40. The van der Waals surface area contributed by atoms with E-state index in [-0.39, 0.29) is 18.7 Å². The molecule has 0 fully saturated rings. The lowest BCUT2D eigenvalue weighted by Gasteiger charge is -2.26. The molecule has 0 saturated heterocycles. The van der Waals surface area contributed by atoms with Gasteiger partial charge in [0.1, 0.15) is 17.7 Å². The minimum atomic E-state index is -0.228.